The lowest BCUT2D eigenvalue weighted by molar-refractivity contribution is -0.142. The first-order valence-electron chi connectivity index (χ1n) is 5.77. The monoisotopic (exact) mass is 252 g/mol. The molecule has 7 heteroatoms. The molecule has 2 rings (SSSR count). The fourth-order valence-corrected chi connectivity index (χ4v) is 1.91. The van der Waals surface area contributed by atoms with Crippen LogP contribution in [-0.4, -0.2) is 46.3 Å². The van der Waals surface area contributed by atoms with Crippen LogP contribution in [0.15, 0.2) is 12.4 Å². The Morgan fingerprint density at radius 1 is 1.67 bits per heavy atom. The van der Waals surface area contributed by atoms with E-state index in [1.165, 1.54) is 6.20 Å². The number of nitrogens with two attached hydrogens (primary N) is 1. The van der Waals surface area contributed by atoms with E-state index in [-0.39, 0.29) is 6.54 Å². The Bertz CT molecular complexity index is 454. The molecule has 1 fully saturated rings. The number of ether oxygens (including phenoxy) is 1. The zero-order valence-electron chi connectivity index (χ0n) is 10.2. The minimum Gasteiger partial charge on any atom is -0.480 e. The summed E-state index contributed by atoms with van der Waals surface area (Å²) in [4.78, 5) is 21.2. The molecule has 1 aromatic heterocycles. The van der Waals surface area contributed by atoms with E-state index in [1.807, 2.05) is 11.8 Å². The number of carbonyl (C=O) groups is 1. The summed E-state index contributed by atoms with van der Waals surface area (Å²) >= 11 is 0. The third kappa shape index (κ3) is 2.35. The molecule has 1 aliphatic heterocycles. The maximum Gasteiger partial charge on any atom is 0.325 e. The number of hydrogen-bond acceptors (Lipinski definition) is 6. The average molecular weight is 252 g/mol. The molecule has 0 spiro atoms. The first-order chi connectivity index (χ1) is 8.55. The maximum absolute atomic E-state index is 11.1. The average Bonchev–Trinajstić information content (AvgIpc) is 2.74. The molecule has 0 aliphatic carbocycles. The maximum atomic E-state index is 11.1. The standard InChI is InChI=1S/C11H16N4O3/c1-2-18-9-6-13-5-8(14-9)15-4-3-11(12,7-15)10(16)17/h5-6H,2-4,7,12H2,1H3,(H,16,17). The molecule has 1 unspecified atom stereocenters. The van der Waals surface area contributed by atoms with Crippen LogP contribution < -0.4 is 15.4 Å². The number of carboxylic acid groups (broad SMARTS) is 1. The third-order valence-electron chi connectivity index (χ3n) is 2.94. The second kappa shape index (κ2) is 4.77. The smallest absolute Gasteiger partial charge is 0.325 e. The van der Waals surface area contributed by atoms with Crippen molar-refractivity contribution in [2.24, 2.45) is 5.73 Å². The molecule has 2 heterocycles. The van der Waals surface area contributed by atoms with Gasteiger partial charge in [0, 0.05) is 13.1 Å². The fraction of sp³-hybridized carbons (Fsp3) is 0.545. The van der Waals surface area contributed by atoms with Crippen LogP contribution in [0.5, 0.6) is 5.88 Å². The van der Waals surface area contributed by atoms with Gasteiger partial charge < -0.3 is 20.5 Å². The molecule has 98 valence electrons. The van der Waals surface area contributed by atoms with Gasteiger partial charge in [0.25, 0.3) is 0 Å². The van der Waals surface area contributed by atoms with Crippen molar-refractivity contribution >= 4 is 11.8 Å². The first kappa shape index (κ1) is 12.6. The molecular formula is C11H16N4O3. The molecule has 1 aromatic rings. The highest BCUT2D eigenvalue weighted by atomic mass is 16.5. The predicted octanol–water partition coefficient (Wildman–Crippen LogP) is -0.132. The summed E-state index contributed by atoms with van der Waals surface area (Å²) < 4.78 is 5.26. The molecule has 18 heavy (non-hydrogen) atoms. The van der Waals surface area contributed by atoms with Crippen LogP contribution in [0.4, 0.5) is 5.82 Å². The highest BCUT2D eigenvalue weighted by Gasteiger charge is 2.41. The van der Waals surface area contributed by atoms with Crippen molar-refractivity contribution in [1.29, 1.82) is 0 Å². The molecule has 1 atom stereocenters. The van der Waals surface area contributed by atoms with E-state index in [1.54, 1.807) is 6.20 Å². The first-order valence-corrected chi connectivity index (χ1v) is 5.77. The summed E-state index contributed by atoms with van der Waals surface area (Å²) in [6, 6.07) is 0. The highest BCUT2D eigenvalue weighted by molar-refractivity contribution is 5.80. The normalized spacial score (nSPS) is 23.1. The molecule has 1 aliphatic rings. The van der Waals surface area contributed by atoms with Crippen LogP contribution in [0.25, 0.3) is 0 Å². The Balaban J connectivity index is 2.14. The van der Waals surface area contributed by atoms with Crippen LogP contribution in [-0.2, 0) is 4.79 Å². The Morgan fingerprint density at radius 3 is 3.06 bits per heavy atom. The number of aromatic nitrogens is 2. The van der Waals surface area contributed by atoms with E-state index in [0.29, 0.717) is 31.3 Å². The summed E-state index contributed by atoms with van der Waals surface area (Å²) in [5.74, 6) is 0.0355. The Morgan fingerprint density at radius 2 is 2.44 bits per heavy atom. The minimum atomic E-state index is -1.21. The van der Waals surface area contributed by atoms with Crippen LogP contribution in [0, 0.1) is 0 Å². The van der Waals surface area contributed by atoms with Crippen molar-refractivity contribution in [2.45, 2.75) is 18.9 Å². The number of carboxylic acids is 1. The number of anilines is 1. The Kier molecular flexibility index (Phi) is 3.33. The van der Waals surface area contributed by atoms with Gasteiger partial charge in [-0.1, -0.05) is 0 Å². The van der Waals surface area contributed by atoms with Crippen molar-refractivity contribution in [1.82, 2.24) is 9.97 Å². The zero-order chi connectivity index (χ0) is 13.2. The number of aliphatic carboxylic acids is 1. The predicted molar refractivity (Wildman–Crippen MR) is 64.6 cm³/mol. The summed E-state index contributed by atoms with van der Waals surface area (Å²) in [6.45, 7) is 3.15. The molecule has 7 nitrogen and oxygen atoms in total. The lowest BCUT2D eigenvalue weighted by Gasteiger charge is -2.20. The SMILES string of the molecule is CCOc1cncc(N2CCC(N)(C(=O)O)C2)n1. The molecule has 0 saturated carbocycles. The van der Waals surface area contributed by atoms with Gasteiger partial charge >= 0.3 is 5.97 Å². The molecule has 0 amide bonds. The number of hydrogen-bond donors (Lipinski definition) is 2. The second-order valence-corrected chi connectivity index (χ2v) is 4.28. The van der Waals surface area contributed by atoms with Crippen LogP contribution in [0.3, 0.4) is 0 Å². The molecule has 3 N–H and O–H groups in total. The largest absolute Gasteiger partial charge is 0.480 e. The van der Waals surface area contributed by atoms with E-state index in [2.05, 4.69) is 9.97 Å². The third-order valence-corrected chi connectivity index (χ3v) is 2.94. The molecule has 1 saturated heterocycles. The Hall–Kier alpha value is -1.89. The molecule has 0 aromatic carbocycles. The van der Waals surface area contributed by atoms with E-state index in [9.17, 15) is 4.79 Å². The fourth-order valence-electron chi connectivity index (χ4n) is 1.91. The van der Waals surface area contributed by atoms with E-state index >= 15 is 0 Å². The van der Waals surface area contributed by atoms with Crippen molar-refractivity contribution in [2.75, 3.05) is 24.6 Å². The van der Waals surface area contributed by atoms with E-state index < -0.39 is 11.5 Å². The molecule has 0 bridgehead atoms. The van der Waals surface area contributed by atoms with Crippen molar-refractivity contribution < 1.29 is 14.6 Å². The summed E-state index contributed by atoms with van der Waals surface area (Å²) in [5, 5.41) is 9.06. The van der Waals surface area contributed by atoms with Gasteiger partial charge in [0.1, 0.15) is 5.54 Å². The zero-order valence-corrected chi connectivity index (χ0v) is 10.2. The van der Waals surface area contributed by atoms with Crippen molar-refractivity contribution in [3.63, 3.8) is 0 Å². The lowest BCUT2D eigenvalue weighted by Crippen LogP contribution is -2.50. The molecule has 0 radical (unpaired) electrons. The Labute approximate surface area is 105 Å². The van der Waals surface area contributed by atoms with Gasteiger partial charge in [-0.05, 0) is 13.3 Å². The van der Waals surface area contributed by atoms with Crippen molar-refractivity contribution in [3.8, 4) is 5.88 Å². The van der Waals surface area contributed by atoms with Gasteiger partial charge in [-0.2, -0.15) is 4.98 Å². The topological polar surface area (TPSA) is 102 Å². The minimum absolute atomic E-state index is 0.229. The van der Waals surface area contributed by atoms with Crippen LogP contribution in [0.1, 0.15) is 13.3 Å². The van der Waals surface area contributed by atoms with Gasteiger partial charge in [-0.25, -0.2) is 0 Å². The van der Waals surface area contributed by atoms with Crippen LogP contribution in [0.2, 0.25) is 0 Å². The number of nitrogens with zero attached hydrogens (tertiary/aromatic N) is 3. The van der Waals surface area contributed by atoms with Gasteiger partial charge in [-0.15, -0.1) is 0 Å². The van der Waals surface area contributed by atoms with Gasteiger partial charge in [0.05, 0.1) is 19.0 Å². The van der Waals surface area contributed by atoms with Crippen LogP contribution >= 0.6 is 0 Å². The number of rotatable bonds is 4. The summed E-state index contributed by atoms with van der Waals surface area (Å²) in [5.41, 5.74) is 4.60. The summed E-state index contributed by atoms with van der Waals surface area (Å²) in [6.07, 6.45) is 3.49. The van der Waals surface area contributed by atoms with E-state index in [0.717, 1.165) is 0 Å². The van der Waals surface area contributed by atoms with E-state index in [4.69, 9.17) is 15.6 Å². The summed E-state index contributed by atoms with van der Waals surface area (Å²) in [7, 11) is 0. The van der Waals surface area contributed by atoms with Gasteiger partial charge in [0.2, 0.25) is 5.88 Å². The lowest BCUT2D eigenvalue weighted by atomic mass is 10.0. The molecular weight excluding hydrogens is 236 g/mol. The second-order valence-electron chi connectivity index (χ2n) is 4.28. The quantitative estimate of drug-likeness (QED) is 0.769. The van der Waals surface area contributed by atoms with Gasteiger partial charge in [-0.3, -0.25) is 9.78 Å². The van der Waals surface area contributed by atoms with Crippen molar-refractivity contribution in [3.05, 3.63) is 12.4 Å². The van der Waals surface area contributed by atoms with Gasteiger partial charge in [0.15, 0.2) is 5.82 Å². The highest BCUT2D eigenvalue weighted by Crippen LogP contribution is 2.24.